The highest BCUT2D eigenvalue weighted by atomic mass is 14.3. The Morgan fingerprint density at radius 1 is 0.550 bits per heavy atom. The molecule has 0 bridgehead atoms. The van der Waals surface area contributed by atoms with Gasteiger partial charge in [0, 0.05) is 0 Å². The Labute approximate surface area is 126 Å². The molecule has 0 aliphatic heterocycles. The molecule has 0 amide bonds. The molecule has 0 N–H and O–H groups in total. The summed E-state index contributed by atoms with van der Waals surface area (Å²) in [5.41, 5.74) is 3.20. The van der Waals surface area contributed by atoms with Gasteiger partial charge in [0.2, 0.25) is 0 Å². The van der Waals surface area contributed by atoms with Crippen molar-refractivity contribution in [1.29, 1.82) is 0 Å². The first-order chi connectivity index (χ1) is 9.72. The van der Waals surface area contributed by atoms with Gasteiger partial charge in [0.25, 0.3) is 0 Å². The van der Waals surface area contributed by atoms with Crippen LogP contribution in [0.4, 0.5) is 0 Å². The van der Waals surface area contributed by atoms with E-state index in [1.54, 1.807) is 11.1 Å². The Balaban J connectivity index is 1.62. The molecule has 0 radical (unpaired) electrons. The second kappa shape index (κ2) is 6.41. The summed E-state index contributed by atoms with van der Waals surface area (Å²) >= 11 is 0. The smallest absolute Gasteiger partial charge is 0.0697 e. The molecule has 106 valence electrons. The Morgan fingerprint density at radius 3 is 1.15 bits per heavy atom. The predicted molar refractivity (Wildman–Crippen MR) is 93.4 cm³/mol. The van der Waals surface area contributed by atoms with Crippen molar-refractivity contribution in [2.45, 2.75) is 74.8 Å². The zero-order chi connectivity index (χ0) is 13.9. The van der Waals surface area contributed by atoms with Gasteiger partial charge in [-0.3, -0.25) is 0 Å². The summed E-state index contributed by atoms with van der Waals surface area (Å²) < 4.78 is 0. The van der Waals surface area contributed by atoms with Crippen LogP contribution >= 0.6 is 0 Å². The summed E-state index contributed by atoms with van der Waals surface area (Å²) in [4.78, 5) is 0. The number of hydrogen-bond acceptors (Lipinski definition) is 0. The molecule has 0 nitrogen and oxygen atoms in total. The van der Waals surface area contributed by atoms with Crippen LogP contribution in [0.3, 0.4) is 0 Å². The lowest BCUT2D eigenvalue weighted by Crippen LogP contribution is -2.11. The lowest BCUT2D eigenvalue weighted by Gasteiger charge is -2.28. The van der Waals surface area contributed by atoms with E-state index in [0.717, 1.165) is 23.5 Å². The molecule has 3 rings (SSSR count). The first-order valence-corrected chi connectivity index (χ1v) is 8.82. The van der Waals surface area contributed by atoms with E-state index in [1.807, 2.05) is 0 Å². The van der Waals surface area contributed by atoms with E-state index < -0.39 is 0 Å². The molecule has 2 heteroatoms. The van der Waals surface area contributed by atoms with Crippen LogP contribution in [0.25, 0.3) is 0 Å². The number of rotatable bonds is 2. The molecule has 0 heterocycles. The second-order valence-corrected chi connectivity index (χ2v) is 7.58. The molecule has 0 aromatic heterocycles. The van der Waals surface area contributed by atoms with Crippen LogP contribution in [0.1, 0.15) is 74.3 Å². The van der Waals surface area contributed by atoms with Crippen LogP contribution in [-0.2, 0) is 0 Å². The Bertz CT molecular complexity index is 369. The molecule has 1 aromatic rings. The third kappa shape index (κ3) is 3.32. The lowest BCUT2D eigenvalue weighted by molar-refractivity contribution is 0.439. The van der Waals surface area contributed by atoms with Gasteiger partial charge in [-0.05, 0) is 48.6 Å². The molecule has 2 aliphatic carbocycles. The van der Waals surface area contributed by atoms with Crippen molar-refractivity contribution >= 4 is 15.7 Å². The van der Waals surface area contributed by atoms with Gasteiger partial charge in [0.1, 0.15) is 15.7 Å². The Kier molecular flexibility index (Phi) is 4.58. The molecule has 2 aliphatic rings. The van der Waals surface area contributed by atoms with Crippen molar-refractivity contribution in [2.24, 2.45) is 0 Å². The van der Waals surface area contributed by atoms with Crippen LogP contribution in [0.2, 0.25) is 11.6 Å². The predicted octanol–water partition coefficient (Wildman–Crippen LogP) is 3.85. The summed E-state index contributed by atoms with van der Waals surface area (Å²) in [6.45, 7) is 0. The van der Waals surface area contributed by atoms with Gasteiger partial charge in [-0.2, -0.15) is 0 Å². The van der Waals surface area contributed by atoms with E-state index in [4.69, 9.17) is 0 Å². The minimum Gasteiger partial charge on any atom is -0.0697 e. The second-order valence-electron chi connectivity index (χ2n) is 7.58. The lowest BCUT2D eigenvalue weighted by atomic mass is 9.69. The fourth-order valence-electron chi connectivity index (χ4n) is 4.23. The summed E-state index contributed by atoms with van der Waals surface area (Å²) in [5, 5.41) is 0. The van der Waals surface area contributed by atoms with Gasteiger partial charge in [0.05, 0.1) is 0 Å². The van der Waals surface area contributed by atoms with E-state index in [0.29, 0.717) is 0 Å². The fourth-order valence-corrected chi connectivity index (χ4v) is 4.23. The van der Waals surface area contributed by atoms with Crippen molar-refractivity contribution in [3.8, 4) is 0 Å². The first kappa shape index (κ1) is 14.3. The largest absolute Gasteiger partial charge is 0.105 e. The standard InChI is InChI=1S/C18H28B2/c19-17-9-5-15(6-10-17)13-1-2-14(4-3-13)16-7-11-18(20)12-8-16/h1-4,15-18H,5-12,19-20H2. The van der Waals surface area contributed by atoms with Crippen molar-refractivity contribution in [3.05, 3.63) is 35.4 Å². The van der Waals surface area contributed by atoms with Gasteiger partial charge in [0.15, 0.2) is 0 Å². The first-order valence-electron chi connectivity index (χ1n) is 8.82. The van der Waals surface area contributed by atoms with Crippen LogP contribution in [0, 0.1) is 0 Å². The molecule has 0 spiro atoms. The molecule has 0 saturated heterocycles. The normalized spacial score (nSPS) is 34.8. The van der Waals surface area contributed by atoms with E-state index in [2.05, 4.69) is 40.0 Å². The molecule has 2 saturated carbocycles. The Morgan fingerprint density at radius 2 is 0.850 bits per heavy atom. The van der Waals surface area contributed by atoms with Gasteiger partial charge < -0.3 is 0 Å². The molecular weight excluding hydrogens is 238 g/mol. The van der Waals surface area contributed by atoms with Crippen LogP contribution in [0.15, 0.2) is 24.3 Å². The van der Waals surface area contributed by atoms with Crippen molar-refractivity contribution in [2.75, 3.05) is 0 Å². The van der Waals surface area contributed by atoms with E-state index in [9.17, 15) is 0 Å². The highest BCUT2D eigenvalue weighted by Crippen LogP contribution is 2.39. The van der Waals surface area contributed by atoms with Crippen LogP contribution in [-0.4, -0.2) is 15.7 Å². The van der Waals surface area contributed by atoms with Crippen molar-refractivity contribution in [3.63, 3.8) is 0 Å². The van der Waals surface area contributed by atoms with Gasteiger partial charge in [-0.25, -0.2) is 0 Å². The highest BCUT2D eigenvalue weighted by molar-refractivity contribution is 6.11. The Hall–Kier alpha value is -0.650. The monoisotopic (exact) mass is 266 g/mol. The number of benzene rings is 1. The van der Waals surface area contributed by atoms with Gasteiger partial charge >= 0.3 is 0 Å². The summed E-state index contributed by atoms with van der Waals surface area (Å²) in [5.74, 6) is 3.59. The van der Waals surface area contributed by atoms with E-state index >= 15 is 0 Å². The maximum Gasteiger partial charge on any atom is 0.105 e. The summed E-state index contributed by atoms with van der Waals surface area (Å²) in [7, 11) is 4.81. The maximum absolute atomic E-state index is 2.44. The molecule has 0 unspecified atom stereocenters. The van der Waals surface area contributed by atoms with Crippen molar-refractivity contribution < 1.29 is 0 Å². The average molecular weight is 266 g/mol. The van der Waals surface area contributed by atoms with Crippen molar-refractivity contribution in [1.82, 2.24) is 0 Å². The molecule has 1 aromatic carbocycles. The van der Waals surface area contributed by atoms with Gasteiger partial charge in [-0.15, -0.1) is 0 Å². The summed E-state index contributed by atoms with van der Waals surface area (Å²) in [6, 6.07) is 9.75. The molecular formula is C18H28B2. The third-order valence-electron chi connectivity index (χ3n) is 5.91. The average Bonchev–Trinajstić information content (AvgIpc) is 2.49. The SMILES string of the molecule is BC1CCC(c2ccc(C3CCC(B)CC3)cc2)CC1. The minimum absolute atomic E-state index is 0.839. The molecule has 20 heavy (non-hydrogen) atoms. The maximum atomic E-state index is 2.44. The van der Waals surface area contributed by atoms with E-state index in [1.165, 1.54) is 51.4 Å². The highest BCUT2D eigenvalue weighted by Gasteiger charge is 2.22. The quantitative estimate of drug-likeness (QED) is 0.713. The van der Waals surface area contributed by atoms with Crippen LogP contribution < -0.4 is 0 Å². The van der Waals surface area contributed by atoms with E-state index in [-0.39, 0.29) is 0 Å². The zero-order valence-corrected chi connectivity index (χ0v) is 13.3. The molecule has 0 atom stereocenters. The fraction of sp³-hybridized carbons (Fsp3) is 0.667. The van der Waals surface area contributed by atoms with Gasteiger partial charge in [-0.1, -0.05) is 61.6 Å². The third-order valence-corrected chi connectivity index (χ3v) is 5.91. The molecule has 2 fully saturated rings. The minimum atomic E-state index is 0.839. The van der Waals surface area contributed by atoms with Crippen LogP contribution in [0.5, 0.6) is 0 Å². The number of hydrogen-bond donors (Lipinski definition) is 0. The zero-order valence-electron chi connectivity index (χ0n) is 13.3. The topological polar surface area (TPSA) is 0 Å². The summed E-state index contributed by atoms with van der Waals surface area (Å²) in [6.07, 6.45) is 11.3.